The van der Waals surface area contributed by atoms with Crippen molar-refractivity contribution in [3.05, 3.63) is 29.6 Å². The molecular formula is C16H20FNO4. The monoisotopic (exact) mass is 309 g/mol. The number of rotatable bonds is 5. The summed E-state index contributed by atoms with van der Waals surface area (Å²) < 4.78 is 19.0. The van der Waals surface area contributed by atoms with Gasteiger partial charge in [-0.05, 0) is 37.8 Å². The predicted molar refractivity (Wildman–Crippen MR) is 78.5 cm³/mol. The standard InChI is InChI=1S/C16H20FNO4/c1-22-12-6-7-13(14(17)10-12)16(21)18-9-3-2-4-11(18)5-8-15(19)20/h6-7,10-11H,2-5,8-9H2,1H3,(H,19,20). The van der Waals surface area contributed by atoms with Crippen molar-refractivity contribution in [2.75, 3.05) is 13.7 Å². The van der Waals surface area contributed by atoms with Crippen molar-refractivity contribution in [3.63, 3.8) is 0 Å². The molecule has 1 atom stereocenters. The van der Waals surface area contributed by atoms with Gasteiger partial charge in [-0.25, -0.2) is 4.39 Å². The molecule has 1 aromatic rings. The lowest BCUT2D eigenvalue weighted by molar-refractivity contribution is -0.137. The molecule has 5 nitrogen and oxygen atoms in total. The number of carbonyl (C=O) groups excluding carboxylic acids is 1. The van der Waals surface area contributed by atoms with Gasteiger partial charge in [-0.1, -0.05) is 0 Å². The first-order chi connectivity index (χ1) is 10.5. The van der Waals surface area contributed by atoms with E-state index in [-0.39, 0.29) is 23.9 Å². The van der Waals surface area contributed by atoms with Crippen molar-refractivity contribution >= 4 is 11.9 Å². The van der Waals surface area contributed by atoms with Gasteiger partial charge in [-0.15, -0.1) is 0 Å². The van der Waals surface area contributed by atoms with Crippen LogP contribution in [0.5, 0.6) is 5.75 Å². The van der Waals surface area contributed by atoms with E-state index >= 15 is 0 Å². The van der Waals surface area contributed by atoms with Crippen molar-refractivity contribution in [2.24, 2.45) is 0 Å². The van der Waals surface area contributed by atoms with Crippen LogP contribution in [0.4, 0.5) is 4.39 Å². The van der Waals surface area contributed by atoms with Gasteiger partial charge in [0.15, 0.2) is 0 Å². The van der Waals surface area contributed by atoms with Crippen molar-refractivity contribution in [3.8, 4) is 5.75 Å². The van der Waals surface area contributed by atoms with Crippen LogP contribution in [0, 0.1) is 5.82 Å². The highest BCUT2D eigenvalue weighted by atomic mass is 19.1. The highest BCUT2D eigenvalue weighted by Gasteiger charge is 2.29. The van der Waals surface area contributed by atoms with Crippen LogP contribution in [0.25, 0.3) is 0 Å². The quantitative estimate of drug-likeness (QED) is 0.908. The lowest BCUT2D eigenvalue weighted by atomic mass is 9.97. The summed E-state index contributed by atoms with van der Waals surface area (Å²) >= 11 is 0. The van der Waals surface area contributed by atoms with Crippen LogP contribution in [0.1, 0.15) is 42.5 Å². The molecule has 0 bridgehead atoms. The van der Waals surface area contributed by atoms with Gasteiger partial charge in [0.1, 0.15) is 11.6 Å². The smallest absolute Gasteiger partial charge is 0.303 e. The number of ether oxygens (including phenoxy) is 1. The van der Waals surface area contributed by atoms with E-state index in [1.165, 1.54) is 19.2 Å². The Morgan fingerprint density at radius 1 is 1.41 bits per heavy atom. The first-order valence-electron chi connectivity index (χ1n) is 7.39. The van der Waals surface area contributed by atoms with Crippen molar-refractivity contribution < 1.29 is 23.8 Å². The van der Waals surface area contributed by atoms with Crippen molar-refractivity contribution in [2.45, 2.75) is 38.1 Å². The Bertz CT molecular complexity index is 561. The van der Waals surface area contributed by atoms with Crippen LogP contribution in [0.15, 0.2) is 18.2 Å². The average Bonchev–Trinajstić information content (AvgIpc) is 2.52. The molecule has 120 valence electrons. The summed E-state index contributed by atoms with van der Waals surface area (Å²) in [5.41, 5.74) is 0.00280. The Hall–Kier alpha value is -2.11. The second-order valence-electron chi connectivity index (χ2n) is 5.43. The van der Waals surface area contributed by atoms with E-state index in [0.29, 0.717) is 18.7 Å². The molecule has 0 aliphatic carbocycles. The number of hydrogen-bond donors (Lipinski definition) is 1. The van der Waals surface area contributed by atoms with Crippen LogP contribution >= 0.6 is 0 Å². The molecule has 1 aliphatic heterocycles. The van der Waals surface area contributed by atoms with Crippen LogP contribution in [-0.2, 0) is 4.79 Å². The van der Waals surface area contributed by atoms with E-state index in [0.717, 1.165) is 19.3 Å². The number of aliphatic carboxylic acids is 1. The lowest BCUT2D eigenvalue weighted by Crippen LogP contribution is -2.44. The molecule has 0 radical (unpaired) electrons. The topological polar surface area (TPSA) is 66.8 Å². The van der Waals surface area contributed by atoms with E-state index in [2.05, 4.69) is 0 Å². The second-order valence-corrected chi connectivity index (χ2v) is 5.43. The summed E-state index contributed by atoms with van der Waals surface area (Å²) in [6.07, 6.45) is 2.99. The third kappa shape index (κ3) is 3.75. The molecule has 0 aromatic heterocycles. The third-order valence-corrected chi connectivity index (χ3v) is 3.99. The van der Waals surface area contributed by atoms with Gasteiger partial charge < -0.3 is 14.7 Å². The molecule has 0 spiro atoms. The number of nitrogens with zero attached hydrogens (tertiary/aromatic N) is 1. The lowest BCUT2D eigenvalue weighted by Gasteiger charge is -2.35. The Kier molecular flexibility index (Phi) is 5.35. The molecular weight excluding hydrogens is 289 g/mol. The summed E-state index contributed by atoms with van der Waals surface area (Å²) in [5, 5.41) is 8.81. The number of hydrogen-bond acceptors (Lipinski definition) is 3. The first-order valence-corrected chi connectivity index (χ1v) is 7.39. The minimum Gasteiger partial charge on any atom is -0.497 e. The molecule has 1 aromatic carbocycles. The zero-order valence-electron chi connectivity index (χ0n) is 12.5. The van der Waals surface area contributed by atoms with E-state index in [1.807, 2.05) is 0 Å². The molecule has 2 rings (SSSR count). The van der Waals surface area contributed by atoms with Crippen molar-refractivity contribution in [1.29, 1.82) is 0 Å². The number of carbonyl (C=O) groups is 2. The number of carboxylic acid groups (broad SMARTS) is 1. The Labute approximate surface area is 128 Å². The van der Waals surface area contributed by atoms with Crippen LogP contribution < -0.4 is 4.74 Å². The fourth-order valence-corrected chi connectivity index (χ4v) is 2.81. The summed E-state index contributed by atoms with van der Waals surface area (Å²) in [5.74, 6) is -1.52. The number of piperidine rings is 1. The van der Waals surface area contributed by atoms with Crippen molar-refractivity contribution in [1.82, 2.24) is 4.90 Å². The van der Waals surface area contributed by atoms with Gasteiger partial charge in [0.2, 0.25) is 0 Å². The van der Waals surface area contributed by atoms with Gasteiger partial charge in [0.05, 0.1) is 12.7 Å². The normalized spacial score (nSPS) is 18.1. The fraction of sp³-hybridized carbons (Fsp3) is 0.500. The maximum Gasteiger partial charge on any atom is 0.303 e. The van der Waals surface area contributed by atoms with Crippen LogP contribution in [-0.4, -0.2) is 41.6 Å². The van der Waals surface area contributed by atoms with E-state index in [1.54, 1.807) is 11.0 Å². The van der Waals surface area contributed by atoms with Gasteiger partial charge in [-0.2, -0.15) is 0 Å². The van der Waals surface area contributed by atoms with Gasteiger partial charge >= 0.3 is 5.97 Å². The maximum atomic E-state index is 14.1. The number of amides is 1. The number of likely N-dealkylation sites (tertiary alicyclic amines) is 1. The largest absolute Gasteiger partial charge is 0.497 e. The molecule has 1 N–H and O–H groups in total. The molecule has 1 heterocycles. The van der Waals surface area contributed by atoms with Gasteiger partial charge in [-0.3, -0.25) is 9.59 Å². The maximum absolute atomic E-state index is 14.1. The summed E-state index contributed by atoms with van der Waals surface area (Å²) in [6.45, 7) is 0.536. The minimum absolute atomic E-state index is 0.00280. The number of halogens is 1. The zero-order chi connectivity index (χ0) is 16.1. The first kappa shape index (κ1) is 16.3. The van der Waals surface area contributed by atoms with Gasteiger partial charge in [0, 0.05) is 25.1 Å². The third-order valence-electron chi connectivity index (χ3n) is 3.99. The highest BCUT2D eigenvalue weighted by molar-refractivity contribution is 5.95. The fourth-order valence-electron chi connectivity index (χ4n) is 2.81. The highest BCUT2D eigenvalue weighted by Crippen LogP contribution is 2.25. The minimum atomic E-state index is -0.881. The molecule has 1 amide bonds. The summed E-state index contributed by atoms with van der Waals surface area (Å²) in [6, 6.07) is 4.01. The second kappa shape index (κ2) is 7.24. The Balaban J connectivity index is 2.16. The number of carboxylic acids is 1. The molecule has 0 saturated carbocycles. The molecule has 1 fully saturated rings. The Morgan fingerprint density at radius 2 is 2.18 bits per heavy atom. The zero-order valence-corrected chi connectivity index (χ0v) is 12.5. The van der Waals surface area contributed by atoms with E-state index < -0.39 is 11.8 Å². The average molecular weight is 309 g/mol. The SMILES string of the molecule is COc1ccc(C(=O)N2CCCCC2CCC(=O)O)c(F)c1. The molecule has 1 unspecified atom stereocenters. The van der Waals surface area contributed by atoms with Gasteiger partial charge in [0.25, 0.3) is 5.91 Å². The van der Waals surface area contributed by atoms with E-state index in [4.69, 9.17) is 9.84 Å². The van der Waals surface area contributed by atoms with E-state index in [9.17, 15) is 14.0 Å². The number of benzene rings is 1. The molecule has 1 aliphatic rings. The number of methoxy groups -OCH3 is 1. The predicted octanol–water partition coefficient (Wildman–Crippen LogP) is 2.69. The van der Waals surface area contributed by atoms with Crippen LogP contribution in [0.3, 0.4) is 0 Å². The summed E-state index contributed by atoms with van der Waals surface area (Å²) in [7, 11) is 1.43. The molecule has 22 heavy (non-hydrogen) atoms. The Morgan fingerprint density at radius 3 is 2.82 bits per heavy atom. The summed E-state index contributed by atoms with van der Waals surface area (Å²) in [4.78, 5) is 24.9. The molecule has 1 saturated heterocycles. The molecule has 6 heteroatoms. The van der Waals surface area contributed by atoms with Crippen LogP contribution in [0.2, 0.25) is 0 Å².